The van der Waals surface area contributed by atoms with Crippen LogP contribution < -0.4 is 5.73 Å². The highest BCUT2D eigenvalue weighted by molar-refractivity contribution is 7.13. The maximum absolute atomic E-state index is 11.0. The molecule has 0 saturated heterocycles. The highest BCUT2D eigenvalue weighted by atomic mass is 32.1. The second kappa shape index (κ2) is 4.42. The Bertz CT molecular complexity index is 492. The summed E-state index contributed by atoms with van der Waals surface area (Å²) in [5, 5.41) is 18.3. The molecule has 2 aromatic heterocycles. The molecule has 6 nitrogen and oxygen atoms in total. The Labute approximate surface area is 95.3 Å². The van der Waals surface area contributed by atoms with Crippen LogP contribution >= 0.6 is 11.3 Å². The van der Waals surface area contributed by atoms with Gasteiger partial charge in [0.05, 0.1) is 11.4 Å². The molecule has 3 N–H and O–H groups in total. The zero-order valence-corrected chi connectivity index (χ0v) is 9.15. The number of carbonyl (C=O) groups is 1. The molecule has 16 heavy (non-hydrogen) atoms. The summed E-state index contributed by atoms with van der Waals surface area (Å²) in [5.41, 5.74) is 5.93. The predicted molar refractivity (Wildman–Crippen MR) is 59.3 cm³/mol. The third-order valence-corrected chi connectivity index (χ3v) is 2.91. The summed E-state index contributed by atoms with van der Waals surface area (Å²) in [6.07, 6.45) is 0. The van der Waals surface area contributed by atoms with Gasteiger partial charge in [0.15, 0.2) is 5.69 Å². The van der Waals surface area contributed by atoms with E-state index in [1.807, 2.05) is 17.5 Å². The normalized spacial score (nSPS) is 10.6. The second-order valence-electron chi connectivity index (χ2n) is 3.08. The Kier molecular flexibility index (Phi) is 2.97. The minimum atomic E-state index is -1.08. The summed E-state index contributed by atoms with van der Waals surface area (Å²) in [6, 6.07) is 3.69. The average molecular weight is 238 g/mol. The minimum Gasteiger partial charge on any atom is -0.476 e. The van der Waals surface area contributed by atoms with Crippen molar-refractivity contribution in [2.24, 2.45) is 5.73 Å². The topological polar surface area (TPSA) is 94.0 Å². The number of hydrogen-bond donors (Lipinski definition) is 2. The van der Waals surface area contributed by atoms with Crippen LogP contribution in [0.1, 0.15) is 10.5 Å². The molecular weight excluding hydrogens is 228 g/mol. The molecular formula is C9H10N4O2S. The third-order valence-electron chi connectivity index (χ3n) is 2.03. The van der Waals surface area contributed by atoms with Crippen molar-refractivity contribution in [3.63, 3.8) is 0 Å². The summed E-state index contributed by atoms with van der Waals surface area (Å²) >= 11 is 1.45. The first-order valence-electron chi connectivity index (χ1n) is 4.64. The van der Waals surface area contributed by atoms with Crippen molar-refractivity contribution in [1.82, 2.24) is 15.0 Å². The second-order valence-corrected chi connectivity index (χ2v) is 4.03. The zero-order chi connectivity index (χ0) is 11.5. The number of rotatable bonds is 4. The lowest BCUT2D eigenvalue weighted by atomic mass is 10.2. The summed E-state index contributed by atoms with van der Waals surface area (Å²) in [7, 11) is 0. The fraction of sp³-hybridized carbons (Fsp3) is 0.222. The van der Waals surface area contributed by atoms with Gasteiger partial charge >= 0.3 is 5.97 Å². The lowest BCUT2D eigenvalue weighted by Gasteiger charge is -2.02. The molecule has 84 valence electrons. The SMILES string of the molecule is NCCn1nnc(C(=O)O)c1-c1cccs1. The molecule has 0 aliphatic carbocycles. The van der Waals surface area contributed by atoms with Crippen molar-refractivity contribution in [2.75, 3.05) is 6.54 Å². The number of hydrogen-bond acceptors (Lipinski definition) is 5. The molecule has 0 unspecified atom stereocenters. The van der Waals surface area contributed by atoms with E-state index in [9.17, 15) is 4.79 Å². The van der Waals surface area contributed by atoms with Gasteiger partial charge in [-0.05, 0) is 11.4 Å². The zero-order valence-electron chi connectivity index (χ0n) is 8.33. The smallest absolute Gasteiger partial charge is 0.358 e. The van der Waals surface area contributed by atoms with Crippen LogP contribution in [-0.4, -0.2) is 32.6 Å². The van der Waals surface area contributed by atoms with Crippen LogP contribution in [0.4, 0.5) is 0 Å². The lowest BCUT2D eigenvalue weighted by molar-refractivity contribution is 0.0691. The van der Waals surface area contributed by atoms with Gasteiger partial charge in [-0.1, -0.05) is 11.3 Å². The van der Waals surface area contributed by atoms with Crippen LogP contribution in [0, 0.1) is 0 Å². The van der Waals surface area contributed by atoms with Crippen molar-refractivity contribution >= 4 is 17.3 Å². The highest BCUT2D eigenvalue weighted by Crippen LogP contribution is 2.26. The van der Waals surface area contributed by atoms with Gasteiger partial charge < -0.3 is 10.8 Å². The maximum atomic E-state index is 11.0. The molecule has 0 bridgehead atoms. The lowest BCUT2D eigenvalue weighted by Crippen LogP contribution is -2.12. The van der Waals surface area contributed by atoms with Crippen molar-refractivity contribution in [3.05, 3.63) is 23.2 Å². The monoisotopic (exact) mass is 238 g/mol. The Balaban J connectivity index is 2.54. The quantitative estimate of drug-likeness (QED) is 0.816. The number of aromatic carboxylic acids is 1. The number of carboxylic acids is 1. The molecule has 2 rings (SSSR count). The molecule has 2 heterocycles. The summed E-state index contributed by atoms with van der Waals surface area (Å²) in [6.45, 7) is 0.842. The molecule has 0 amide bonds. The number of aromatic nitrogens is 3. The van der Waals surface area contributed by atoms with Crippen LogP contribution in [0.3, 0.4) is 0 Å². The van der Waals surface area contributed by atoms with Crippen LogP contribution in [0.5, 0.6) is 0 Å². The molecule has 0 spiro atoms. The van der Waals surface area contributed by atoms with Crippen molar-refractivity contribution in [3.8, 4) is 10.6 Å². The molecule has 0 aliphatic rings. The molecule has 0 fully saturated rings. The van der Waals surface area contributed by atoms with E-state index >= 15 is 0 Å². The molecule has 2 aromatic rings. The fourth-order valence-corrected chi connectivity index (χ4v) is 2.17. The van der Waals surface area contributed by atoms with E-state index in [4.69, 9.17) is 10.8 Å². The van der Waals surface area contributed by atoms with Crippen molar-refractivity contribution < 1.29 is 9.90 Å². The Morgan fingerprint density at radius 3 is 3.00 bits per heavy atom. The standard InChI is InChI=1S/C9H10N4O2S/c10-3-4-13-8(6-2-1-5-16-6)7(9(14)15)11-12-13/h1-2,5H,3-4,10H2,(H,14,15). The minimum absolute atomic E-state index is 0.0316. The molecule has 0 radical (unpaired) electrons. The van der Waals surface area contributed by atoms with Crippen LogP contribution in [0.25, 0.3) is 10.6 Å². The highest BCUT2D eigenvalue weighted by Gasteiger charge is 2.20. The summed E-state index contributed by atoms with van der Waals surface area (Å²) in [5.74, 6) is -1.08. The molecule has 0 saturated carbocycles. The number of nitrogens with zero attached hydrogens (tertiary/aromatic N) is 3. The largest absolute Gasteiger partial charge is 0.476 e. The first kappa shape index (κ1) is 10.8. The number of nitrogens with two attached hydrogens (primary N) is 1. The van der Waals surface area contributed by atoms with E-state index in [0.717, 1.165) is 4.88 Å². The van der Waals surface area contributed by atoms with Crippen LogP contribution in [0.2, 0.25) is 0 Å². The van der Waals surface area contributed by atoms with Gasteiger partial charge in [-0.3, -0.25) is 0 Å². The van der Waals surface area contributed by atoms with Gasteiger partial charge in [0.25, 0.3) is 0 Å². The van der Waals surface area contributed by atoms with Crippen LogP contribution in [-0.2, 0) is 6.54 Å². The van der Waals surface area contributed by atoms with Gasteiger partial charge in [0.1, 0.15) is 5.69 Å². The van der Waals surface area contributed by atoms with Crippen LogP contribution in [0.15, 0.2) is 17.5 Å². The van der Waals surface area contributed by atoms with E-state index < -0.39 is 5.97 Å². The third kappa shape index (κ3) is 1.82. The van der Waals surface area contributed by atoms with Gasteiger partial charge in [-0.25, -0.2) is 9.48 Å². The molecule has 0 aromatic carbocycles. The Morgan fingerprint density at radius 2 is 2.44 bits per heavy atom. The van der Waals surface area contributed by atoms with Crippen molar-refractivity contribution in [1.29, 1.82) is 0 Å². The summed E-state index contributed by atoms with van der Waals surface area (Å²) in [4.78, 5) is 11.8. The maximum Gasteiger partial charge on any atom is 0.358 e. The van der Waals surface area contributed by atoms with Crippen molar-refractivity contribution in [2.45, 2.75) is 6.54 Å². The first-order chi connectivity index (χ1) is 7.74. The first-order valence-corrected chi connectivity index (χ1v) is 5.52. The van der Waals surface area contributed by atoms with E-state index in [0.29, 0.717) is 18.8 Å². The van der Waals surface area contributed by atoms with Gasteiger partial charge in [-0.15, -0.1) is 16.4 Å². The number of carboxylic acid groups (broad SMARTS) is 1. The number of thiophene rings is 1. The molecule has 7 heteroatoms. The van der Waals surface area contributed by atoms with E-state index in [-0.39, 0.29) is 5.69 Å². The van der Waals surface area contributed by atoms with E-state index in [2.05, 4.69) is 10.3 Å². The Hall–Kier alpha value is -1.73. The molecule has 0 atom stereocenters. The molecule has 0 aliphatic heterocycles. The Morgan fingerprint density at radius 1 is 1.62 bits per heavy atom. The van der Waals surface area contributed by atoms with Gasteiger partial charge in [0, 0.05) is 6.54 Å². The summed E-state index contributed by atoms with van der Waals surface area (Å²) < 4.78 is 1.52. The van der Waals surface area contributed by atoms with E-state index in [1.165, 1.54) is 16.0 Å². The average Bonchev–Trinajstić information content (AvgIpc) is 2.84. The predicted octanol–water partition coefficient (Wildman–Crippen LogP) is 0.664. The van der Waals surface area contributed by atoms with Gasteiger partial charge in [0.2, 0.25) is 0 Å². The van der Waals surface area contributed by atoms with Gasteiger partial charge in [-0.2, -0.15) is 0 Å². The van der Waals surface area contributed by atoms with E-state index in [1.54, 1.807) is 0 Å². The fourth-order valence-electron chi connectivity index (χ4n) is 1.39.